The van der Waals surface area contributed by atoms with Crippen LogP contribution in [-0.4, -0.2) is 25.0 Å². The number of nitrogens with zero attached hydrogens (tertiary/aromatic N) is 4. The number of imidazole rings is 1. The first-order chi connectivity index (χ1) is 17.3. The molecule has 1 amide bonds. The van der Waals surface area contributed by atoms with Gasteiger partial charge in [-0.3, -0.25) is 4.79 Å². The molecule has 3 aromatic heterocycles. The third-order valence-electron chi connectivity index (χ3n) is 6.94. The van der Waals surface area contributed by atoms with Gasteiger partial charge in [0, 0.05) is 30.4 Å². The molecule has 0 saturated carbocycles. The van der Waals surface area contributed by atoms with Gasteiger partial charge in [0.2, 0.25) is 0 Å². The molecule has 5 aromatic rings. The van der Waals surface area contributed by atoms with E-state index in [1.54, 1.807) is 12.3 Å². The van der Waals surface area contributed by atoms with Gasteiger partial charge in [0.05, 0.1) is 11.9 Å². The van der Waals surface area contributed by atoms with E-state index in [4.69, 9.17) is 4.98 Å². The van der Waals surface area contributed by atoms with E-state index in [0.29, 0.717) is 17.9 Å². The fourth-order valence-corrected chi connectivity index (χ4v) is 5.04. The fraction of sp³-hybridized carbons (Fsp3) is 0.276. The molecule has 6 rings (SSSR count). The Bertz CT molecular complexity index is 1640. The Morgan fingerprint density at radius 2 is 1.97 bits per heavy atom. The zero-order chi connectivity index (χ0) is 25.0. The summed E-state index contributed by atoms with van der Waals surface area (Å²) in [6.07, 6.45) is 3.73. The highest BCUT2D eigenvalue weighted by molar-refractivity contribution is 6.07. The summed E-state index contributed by atoms with van der Waals surface area (Å²) in [5, 5.41) is 3.97. The van der Waals surface area contributed by atoms with Crippen LogP contribution in [0.2, 0.25) is 0 Å². The lowest BCUT2D eigenvalue weighted by Gasteiger charge is -2.19. The van der Waals surface area contributed by atoms with Crippen molar-refractivity contribution in [1.29, 1.82) is 0 Å². The zero-order valence-electron chi connectivity index (χ0n) is 20.7. The maximum Gasteiger partial charge on any atom is 0.272 e. The topological polar surface area (TPSA) is 64.7 Å². The van der Waals surface area contributed by atoms with Gasteiger partial charge in [-0.05, 0) is 53.3 Å². The van der Waals surface area contributed by atoms with E-state index in [9.17, 15) is 9.18 Å². The minimum Gasteiger partial charge on any atom is -0.332 e. The molecule has 0 aliphatic carbocycles. The van der Waals surface area contributed by atoms with E-state index in [1.807, 2.05) is 22.8 Å². The molecule has 0 atom stereocenters. The molecule has 0 radical (unpaired) electrons. The molecule has 0 bridgehead atoms. The summed E-state index contributed by atoms with van der Waals surface area (Å²) in [6, 6.07) is 16.6. The van der Waals surface area contributed by atoms with Crippen molar-refractivity contribution in [2.45, 2.75) is 52.1 Å². The molecule has 1 aliphatic rings. The standard InChI is InChI=1S/C29H28FN5O/c1-29(2,3)20-10-9-19-13-25(35(24(19)14-20)17-18-6-4-7-21(30)12-18)28(36)32-22-15-23-27(31-16-22)34-11-5-8-26(34)33-23/h4,6-7,9-10,12-16H,5,8,11,17H2,1-3H3,(H,32,36). The minimum atomic E-state index is -0.295. The first-order valence-corrected chi connectivity index (χ1v) is 12.3. The van der Waals surface area contributed by atoms with Crippen molar-refractivity contribution >= 4 is 33.7 Å². The summed E-state index contributed by atoms with van der Waals surface area (Å²) in [5.41, 5.74) is 5.61. The number of rotatable bonds is 4. The molecule has 1 N–H and O–H groups in total. The Morgan fingerprint density at radius 1 is 1.11 bits per heavy atom. The number of aromatic nitrogens is 4. The molecule has 4 heterocycles. The van der Waals surface area contributed by atoms with Crippen LogP contribution in [0.5, 0.6) is 0 Å². The number of hydrogen-bond acceptors (Lipinski definition) is 3. The molecule has 6 nitrogen and oxygen atoms in total. The second-order valence-electron chi connectivity index (χ2n) is 10.6. The van der Waals surface area contributed by atoms with Crippen LogP contribution < -0.4 is 5.32 Å². The Morgan fingerprint density at radius 3 is 2.78 bits per heavy atom. The molecule has 0 spiro atoms. The van der Waals surface area contributed by atoms with Crippen LogP contribution in [-0.2, 0) is 24.9 Å². The van der Waals surface area contributed by atoms with Crippen LogP contribution in [0.3, 0.4) is 0 Å². The van der Waals surface area contributed by atoms with E-state index in [0.717, 1.165) is 52.8 Å². The molecule has 36 heavy (non-hydrogen) atoms. The zero-order valence-corrected chi connectivity index (χ0v) is 20.7. The lowest BCUT2D eigenvalue weighted by atomic mass is 9.87. The number of pyridine rings is 1. The van der Waals surface area contributed by atoms with E-state index >= 15 is 0 Å². The first kappa shape index (κ1) is 22.5. The first-order valence-electron chi connectivity index (χ1n) is 12.3. The van der Waals surface area contributed by atoms with Crippen LogP contribution in [0.1, 0.15) is 54.6 Å². The highest BCUT2D eigenvalue weighted by atomic mass is 19.1. The van der Waals surface area contributed by atoms with Crippen molar-refractivity contribution in [2.75, 3.05) is 5.32 Å². The predicted molar refractivity (Wildman–Crippen MR) is 140 cm³/mol. The van der Waals surface area contributed by atoms with Gasteiger partial charge in [-0.2, -0.15) is 0 Å². The van der Waals surface area contributed by atoms with E-state index in [1.165, 1.54) is 17.7 Å². The smallest absolute Gasteiger partial charge is 0.272 e. The minimum absolute atomic E-state index is 0.0452. The number of amides is 1. The SMILES string of the molecule is CC(C)(C)c1ccc2cc(C(=O)Nc3cnc4c(c3)nc3n4CCC3)n(Cc3cccc(F)c3)c2c1. The maximum atomic E-state index is 14.0. The van der Waals surface area contributed by atoms with Crippen LogP contribution in [0, 0.1) is 5.82 Å². The second-order valence-corrected chi connectivity index (χ2v) is 10.6. The molecule has 7 heteroatoms. The lowest BCUT2D eigenvalue weighted by Crippen LogP contribution is -2.18. The molecular weight excluding hydrogens is 453 g/mol. The number of carbonyl (C=O) groups is 1. The predicted octanol–water partition coefficient (Wildman–Crippen LogP) is 6.07. The average molecular weight is 482 g/mol. The average Bonchev–Trinajstić information content (AvgIpc) is 3.51. The quantitative estimate of drug-likeness (QED) is 0.339. The normalized spacial score (nSPS) is 13.4. The van der Waals surface area contributed by atoms with Crippen molar-refractivity contribution in [2.24, 2.45) is 0 Å². The fourth-order valence-electron chi connectivity index (χ4n) is 5.04. The summed E-state index contributed by atoms with van der Waals surface area (Å²) >= 11 is 0. The molecule has 0 saturated heterocycles. The highest BCUT2D eigenvalue weighted by Crippen LogP contribution is 2.30. The molecule has 2 aromatic carbocycles. The molecule has 0 unspecified atom stereocenters. The van der Waals surface area contributed by atoms with Crippen LogP contribution in [0.25, 0.3) is 22.1 Å². The summed E-state index contributed by atoms with van der Waals surface area (Å²) in [6.45, 7) is 7.80. The summed E-state index contributed by atoms with van der Waals surface area (Å²) < 4.78 is 18.1. The maximum absolute atomic E-state index is 14.0. The van der Waals surface area contributed by atoms with Crippen molar-refractivity contribution in [3.8, 4) is 0 Å². The van der Waals surface area contributed by atoms with Gasteiger partial charge in [-0.1, -0.05) is 45.0 Å². The van der Waals surface area contributed by atoms with Crippen molar-refractivity contribution in [3.05, 3.63) is 89.3 Å². The number of halogens is 1. The number of anilines is 1. The third-order valence-corrected chi connectivity index (χ3v) is 6.94. The van der Waals surface area contributed by atoms with Gasteiger partial charge in [0.25, 0.3) is 5.91 Å². The van der Waals surface area contributed by atoms with Gasteiger partial charge in [0.1, 0.15) is 22.9 Å². The van der Waals surface area contributed by atoms with Crippen molar-refractivity contribution in [3.63, 3.8) is 0 Å². The largest absolute Gasteiger partial charge is 0.332 e. The number of benzene rings is 2. The summed E-state index contributed by atoms with van der Waals surface area (Å²) in [4.78, 5) is 22.8. The van der Waals surface area contributed by atoms with Crippen LogP contribution in [0.15, 0.2) is 60.8 Å². The molecule has 1 aliphatic heterocycles. The Labute approximate surface area is 208 Å². The summed E-state index contributed by atoms with van der Waals surface area (Å²) in [7, 11) is 0. The monoisotopic (exact) mass is 481 g/mol. The molecule has 182 valence electrons. The lowest BCUT2D eigenvalue weighted by molar-refractivity contribution is 0.101. The Kier molecular flexibility index (Phi) is 5.18. The highest BCUT2D eigenvalue weighted by Gasteiger charge is 2.21. The number of carbonyl (C=O) groups excluding carboxylic acids is 1. The Hall–Kier alpha value is -4.00. The van der Waals surface area contributed by atoms with E-state index in [2.05, 4.69) is 53.8 Å². The molecule has 0 fully saturated rings. The van der Waals surface area contributed by atoms with Gasteiger partial charge >= 0.3 is 0 Å². The Balaban J connectivity index is 1.40. The summed E-state index contributed by atoms with van der Waals surface area (Å²) in [5.74, 6) is 0.510. The third kappa shape index (κ3) is 3.94. The number of hydrogen-bond donors (Lipinski definition) is 1. The van der Waals surface area contributed by atoms with E-state index in [-0.39, 0.29) is 17.1 Å². The van der Waals surface area contributed by atoms with Gasteiger partial charge < -0.3 is 14.5 Å². The number of fused-ring (bicyclic) bond motifs is 4. The van der Waals surface area contributed by atoms with Crippen molar-refractivity contribution in [1.82, 2.24) is 19.1 Å². The van der Waals surface area contributed by atoms with Crippen molar-refractivity contribution < 1.29 is 9.18 Å². The van der Waals surface area contributed by atoms with Gasteiger partial charge in [-0.25, -0.2) is 14.4 Å². The second kappa shape index (κ2) is 8.29. The molecular formula is C29H28FN5O. The van der Waals surface area contributed by atoms with Gasteiger partial charge in [0.15, 0.2) is 5.65 Å². The number of aryl methyl sites for hydroxylation is 2. The van der Waals surface area contributed by atoms with Crippen LogP contribution in [0.4, 0.5) is 10.1 Å². The van der Waals surface area contributed by atoms with Gasteiger partial charge in [-0.15, -0.1) is 0 Å². The van der Waals surface area contributed by atoms with Crippen LogP contribution >= 0.6 is 0 Å². The van der Waals surface area contributed by atoms with E-state index < -0.39 is 0 Å². The number of nitrogens with one attached hydrogen (secondary N) is 1.